The molecule has 0 N–H and O–H groups in total. The van der Waals surface area contributed by atoms with Gasteiger partial charge in [-0.25, -0.2) is 0 Å². The standard InChI is InChI=1S/C4H6Cl/c5-4-2-1-3-4/h2,4H,1,3H2. The Kier molecular flexibility index (Phi) is 0.817. The lowest BCUT2D eigenvalue weighted by molar-refractivity contribution is 0.662. The minimum Gasteiger partial charge on any atom is -0.123 e. The topological polar surface area (TPSA) is 0 Å². The summed E-state index contributed by atoms with van der Waals surface area (Å²) in [4.78, 5) is 0. The highest BCUT2D eigenvalue weighted by atomic mass is 35.5. The fourth-order valence-electron chi connectivity index (χ4n) is 0.293. The van der Waals surface area contributed by atoms with Gasteiger partial charge < -0.3 is 0 Å². The maximum atomic E-state index is 5.49. The van der Waals surface area contributed by atoms with Gasteiger partial charge in [-0.1, -0.05) is 0 Å². The molecule has 0 nitrogen and oxygen atoms in total. The Morgan fingerprint density at radius 3 is 2.20 bits per heavy atom. The first-order valence-electron chi connectivity index (χ1n) is 1.87. The Balaban J connectivity index is 2.08. The van der Waals surface area contributed by atoms with E-state index in [1.807, 2.05) is 0 Å². The summed E-state index contributed by atoms with van der Waals surface area (Å²) < 4.78 is 0. The molecule has 1 atom stereocenters. The average Bonchev–Trinajstić information content (AvgIpc) is 1.30. The molecule has 1 saturated carbocycles. The molecule has 1 rings (SSSR count). The molecule has 0 aromatic rings. The van der Waals surface area contributed by atoms with E-state index in [2.05, 4.69) is 6.42 Å². The summed E-state index contributed by atoms with van der Waals surface area (Å²) in [6.07, 6.45) is 4.54. The molecule has 0 saturated heterocycles. The zero-order valence-electron chi connectivity index (χ0n) is 2.95. The zero-order valence-corrected chi connectivity index (χ0v) is 3.70. The van der Waals surface area contributed by atoms with E-state index in [1.54, 1.807) is 0 Å². The van der Waals surface area contributed by atoms with Gasteiger partial charge in [0.2, 0.25) is 0 Å². The average molecular weight is 89.5 g/mol. The molecular weight excluding hydrogens is 83.5 g/mol. The molecule has 0 heterocycles. The highest BCUT2D eigenvalue weighted by Crippen LogP contribution is 2.22. The second-order valence-electron chi connectivity index (χ2n) is 1.33. The van der Waals surface area contributed by atoms with Gasteiger partial charge >= 0.3 is 0 Å². The molecule has 1 fully saturated rings. The van der Waals surface area contributed by atoms with Gasteiger partial charge in [-0.15, -0.1) is 11.6 Å². The van der Waals surface area contributed by atoms with Gasteiger partial charge in [-0.05, 0) is 19.3 Å². The molecule has 1 radical (unpaired) electrons. The van der Waals surface area contributed by atoms with E-state index in [0.717, 1.165) is 0 Å². The first-order chi connectivity index (χ1) is 2.39. The molecule has 0 aliphatic heterocycles. The van der Waals surface area contributed by atoms with Crippen molar-refractivity contribution < 1.29 is 0 Å². The second kappa shape index (κ2) is 1.17. The van der Waals surface area contributed by atoms with Crippen molar-refractivity contribution in [2.24, 2.45) is 0 Å². The Bertz CT molecular complexity index is 30.6. The van der Waals surface area contributed by atoms with Crippen molar-refractivity contribution in [1.82, 2.24) is 0 Å². The van der Waals surface area contributed by atoms with Crippen LogP contribution in [0.1, 0.15) is 12.8 Å². The molecule has 29 valence electrons. The van der Waals surface area contributed by atoms with Crippen molar-refractivity contribution in [3.63, 3.8) is 0 Å². The van der Waals surface area contributed by atoms with E-state index < -0.39 is 0 Å². The predicted molar refractivity (Wildman–Crippen MR) is 23.2 cm³/mol. The van der Waals surface area contributed by atoms with Crippen LogP contribution in [-0.2, 0) is 0 Å². The van der Waals surface area contributed by atoms with Crippen LogP contribution in [0.5, 0.6) is 0 Å². The minimum absolute atomic E-state index is 0.412. The minimum atomic E-state index is 0.412. The Morgan fingerprint density at radius 1 is 1.80 bits per heavy atom. The summed E-state index contributed by atoms with van der Waals surface area (Å²) >= 11 is 5.49. The van der Waals surface area contributed by atoms with Crippen molar-refractivity contribution in [3.05, 3.63) is 6.42 Å². The van der Waals surface area contributed by atoms with Crippen LogP contribution in [0, 0.1) is 6.42 Å². The number of rotatable bonds is 0. The number of alkyl halides is 1. The molecule has 0 amide bonds. The lowest BCUT2D eigenvalue weighted by atomic mass is 10.0. The largest absolute Gasteiger partial charge is 0.123 e. The summed E-state index contributed by atoms with van der Waals surface area (Å²) in [5, 5.41) is 0.412. The summed E-state index contributed by atoms with van der Waals surface area (Å²) in [6.45, 7) is 0. The first-order valence-corrected chi connectivity index (χ1v) is 2.30. The third kappa shape index (κ3) is 0.569. The Labute approximate surface area is 37.1 Å². The molecule has 1 heteroatoms. The molecule has 0 bridgehead atoms. The number of hydrogen-bond acceptors (Lipinski definition) is 0. The van der Waals surface area contributed by atoms with E-state index in [9.17, 15) is 0 Å². The van der Waals surface area contributed by atoms with Crippen LogP contribution >= 0.6 is 11.6 Å². The normalized spacial score (nSPS) is 25.8. The van der Waals surface area contributed by atoms with Gasteiger partial charge in [0.05, 0.1) is 0 Å². The van der Waals surface area contributed by atoms with Crippen LogP contribution in [-0.4, -0.2) is 5.38 Å². The van der Waals surface area contributed by atoms with E-state index in [1.165, 1.54) is 12.8 Å². The predicted octanol–water partition coefficient (Wildman–Crippen LogP) is 1.59. The highest BCUT2D eigenvalue weighted by Gasteiger charge is 2.12. The van der Waals surface area contributed by atoms with Crippen LogP contribution in [0.25, 0.3) is 0 Å². The first kappa shape index (κ1) is 3.48. The monoisotopic (exact) mass is 89.0 g/mol. The van der Waals surface area contributed by atoms with Crippen LogP contribution in [0.3, 0.4) is 0 Å². The van der Waals surface area contributed by atoms with Crippen LogP contribution in [0.4, 0.5) is 0 Å². The van der Waals surface area contributed by atoms with Crippen LogP contribution in [0.2, 0.25) is 0 Å². The van der Waals surface area contributed by atoms with Crippen LogP contribution < -0.4 is 0 Å². The molecule has 5 heavy (non-hydrogen) atoms. The second-order valence-corrected chi connectivity index (χ2v) is 1.89. The van der Waals surface area contributed by atoms with E-state index in [-0.39, 0.29) is 0 Å². The van der Waals surface area contributed by atoms with Crippen LogP contribution in [0.15, 0.2) is 0 Å². The van der Waals surface area contributed by atoms with Crippen molar-refractivity contribution in [2.75, 3.05) is 0 Å². The third-order valence-electron chi connectivity index (χ3n) is 0.865. The SMILES string of the molecule is ClC1[CH]CC1. The van der Waals surface area contributed by atoms with Gasteiger partial charge in [-0.3, -0.25) is 0 Å². The van der Waals surface area contributed by atoms with Crippen molar-refractivity contribution in [1.29, 1.82) is 0 Å². The van der Waals surface area contributed by atoms with Gasteiger partial charge in [0, 0.05) is 5.38 Å². The van der Waals surface area contributed by atoms with Crippen molar-refractivity contribution >= 4 is 11.6 Å². The molecular formula is C4H6Cl. The summed E-state index contributed by atoms with van der Waals surface area (Å²) in [6, 6.07) is 0. The van der Waals surface area contributed by atoms with Crippen molar-refractivity contribution in [2.45, 2.75) is 18.2 Å². The summed E-state index contributed by atoms with van der Waals surface area (Å²) in [7, 11) is 0. The van der Waals surface area contributed by atoms with E-state index in [0.29, 0.717) is 5.38 Å². The Hall–Kier alpha value is 0.290. The van der Waals surface area contributed by atoms with Gasteiger partial charge in [0.15, 0.2) is 0 Å². The molecule has 0 spiro atoms. The van der Waals surface area contributed by atoms with Crippen molar-refractivity contribution in [3.8, 4) is 0 Å². The maximum absolute atomic E-state index is 5.49. The van der Waals surface area contributed by atoms with Gasteiger partial charge in [0.1, 0.15) is 0 Å². The molecule has 1 aliphatic rings. The van der Waals surface area contributed by atoms with Gasteiger partial charge in [-0.2, -0.15) is 0 Å². The Morgan fingerprint density at radius 2 is 2.20 bits per heavy atom. The molecule has 1 unspecified atom stereocenters. The third-order valence-corrected chi connectivity index (χ3v) is 1.26. The molecule has 1 aliphatic carbocycles. The fourth-order valence-corrected chi connectivity index (χ4v) is 0.545. The zero-order chi connectivity index (χ0) is 3.70. The quantitative estimate of drug-likeness (QED) is 0.396. The number of hydrogen-bond donors (Lipinski definition) is 0. The highest BCUT2D eigenvalue weighted by molar-refractivity contribution is 6.22. The van der Waals surface area contributed by atoms with E-state index >= 15 is 0 Å². The lowest BCUT2D eigenvalue weighted by Gasteiger charge is -2.15. The fraction of sp³-hybridized carbons (Fsp3) is 0.750. The lowest BCUT2D eigenvalue weighted by Crippen LogP contribution is -2.09. The molecule has 0 aromatic heterocycles. The van der Waals surface area contributed by atoms with Gasteiger partial charge in [0.25, 0.3) is 0 Å². The summed E-state index contributed by atoms with van der Waals surface area (Å²) in [5.41, 5.74) is 0. The molecule has 0 aromatic carbocycles. The smallest absolute Gasteiger partial charge is 0.0367 e. The number of halogens is 1. The van der Waals surface area contributed by atoms with E-state index in [4.69, 9.17) is 11.6 Å². The summed E-state index contributed by atoms with van der Waals surface area (Å²) in [5.74, 6) is 0. The maximum Gasteiger partial charge on any atom is 0.0367 e.